The quantitative estimate of drug-likeness (QED) is 0.0633. The summed E-state index contributed by atoms with van der Waals surface area (Å²) in [5, 5.41) is 192. The third-order valence-corrected chi connectivity index (χ3v) is 15.1. The van der Waals surface area contributed by atoms with Crippen molar-refractivity contribution < 1.29 is 168 Å². The highest BCUT2D eigenvalue weighted by Gasteiger charge is 2.58. The van der Waals surface area contributed by atoms with Crippen molar-refractivity contribution in [1.82, 2.24) is 0 Å². The number of benzene rings is 2. The summed E-state index contributed by atoms with van der Waals surface area (Å²) in [6.07, 6.45) is -54.7. The van der Waals surface area contributed by atoms with Crippen molar-refractivity contribution in [3.63, 3.8) is 0 Å². The number of phenols is 2. The van der Waals surface area contributed by atoms with E-state index in [0.717, 1.165) is 37.4 Å². The molecule has 0 amide bonds. The van der Waals surface area contributed by atoms with E-state index < -0.39 is 248 Å². The van der Waals surface area contributed by atoms with E-state index in [0.29, 0.717) is 0 Å². The number of aliphatic hydroxyl groups is 14. The van der Waals surface area contributed by atoms with Gasteiger partial charge in [0.25, 0.3) is 0 Å². The van der Waals surface area contributed by atoms with Gasteiger partial charge in [0.1, 0.15) is 114 Å². The van der Waals surface area contributed by atoms with Gasteiger partial charge < -0.3 is 158 Å². The van der Waals surface area contributed by atoms with Crippen LogP contribution in [0.2, 0.25) is 0 Å². The number of rotatable bonds is 16. The van der Waals surface area contributed by atoms with Gasteiger partial charge in [0.05, 0.1) is 32.5 Å². The largest absolute Gasteiger partial charge is 0.504 e. The number of aliphatic hydroxyl groups excluding tert-OH is 14. The maximum atomic E-state index is 13.9. The summed E-state index contributed by atoms with van der Waals surface area (Å²) < 4.78 is 80.1. The second-order valence-electron chi connectivity index (χ2n) is 20.8. The molecule has 6 aliphatic rings. The van der Waals surface area contributed by atoms with E-state index in [2.05, 4.69) is 0 Å². The number of phenolic OH excluding ortho intramolecular Hbond substituents is 2. The van der Waals surface area contributed by atoms with Gasteiger partial charge in [0.2, 0.25) is 18.3 Å². The highest BCUT2D eigenvalue weighted by molar-refractivity contribution is 5.89. The molecule has 474 valence electrons. The van der Waals surface area contributed by atoms with Crippen molar-refractivity contribution in [2.24, 2.45) is 0 Å². The summed E-state index contributed by atoms with van der Waals surface area (Å²) in [6, 6.07) is 4.88. The Labute approximate surface area is 476 Å². The average molecular weight is 1230 g/mol. The second-order valence-corrected chi connectivity index (χ2v) is 20.8. The minimum atomic E-state index is -2.33. The Balaban J connectivity index is 1.05. The minimum absolute atomic E-state index is 0.150. The topological polar surface area (TPSA) is 548 Å². The van der Waals surface area contributed by atoms with Gasteiger partial charge in [-0.1, -0.05) is 0 Å². The summed E-state index contributed by atoms with van der Waals surface area (Å²) in [4.78, 5) is 39.1. The number of ether oxygens (including phenoxy) is 13. The lowest BCUT2D eigenvalue weighted by Gasteiger charge is -2.47. The normalized spacial score (nSPS) is 42.6. The van der Waals surface area contributed by atoms with Crippen LogP contribution in [0.15, 0.2) is 39.5 Å². The third-order valence-electron chi connectivity index (χ3n) is 15.1. The van der Waals surface area contributed by atoms with Crippen molar-refractivity contribution in [1.29, 1.82) is 0 Å². The summed E-state index contributed by atoms with van der Waals surface area (Å²) >= 11 is 0. The highest BCUT2D eigenvalue weighted by Crippen LogP contribution is 2.45. The van der Waals surface area contributed by atoms with Crippen LogP contribution in [0.5, 0.6) is 28.7 Å². The average Bonchev–Trinajstić information content (AvgIpc) is 1.06. The highest BCUT2D eigenvalue weighted by atomic mass is 16.8. The van der Waals surface area contributed by atoms with E-state index in [9.17, 15) is 106 Å². The van der Waals surface area contributed by atoms with Gasteiger partial charge in [-0.2, -0.15) is 0 Å². The molecule has 7 heterocycles. The van der Waals surface area contributed by atoms with E-state index in [-0.39, 0.29) is 5.56 Å². The van der Waals surface area contributed by atoms with Gasteiger partial charge in [-0.05, 0) is 32.0 Å². The molecular weight excluding hydrogens is 1160 g/mol. The van der Waals surface area contributed by atoms with Gasteiger partial charge in [-0.15, -0.1) is 0 Å². The molecule has 6 saturated heterocycles. The molecule has 9 rings (SSSR count). The van der Waals surface area contributed by atoms with Gasteiger partial charge in [0, 0.05) is 17.7 Å². The molecule has 35 nitrogen and oxygen atoms in total. The van der Waals surface area contributed by atoms with E-state index in [1.165, 1.54) is 13.8 Å². The molecule has 0 saturated carbocycles. The zero-order chi connectivity index (χ0) is 61.9. The number of hydrogen-bond acceptors (Lipinski definition) is 33. The molecule has 28 atom stereocenters. The standard InChI is InChI=1S/C50H64O35/c1-11-23(55)28(60)32(64)47(75-11)84-41-37(80-45-30(62)25(57)16(53)9-73-45)34(66)39(43(68)69)82-49(41)78-18-5-4-13(6-14(18)51)19-7-15(52)22-20(77-19)8-21(36(72-3)27(22)59)79-50-42(85-48-33(65)29(61)24(56)12(2)76-48)38(35(67)40(83-50)44(70)71)81-46-31(63)26(58)17(54)10-74-46/h4-8,11-12,16-17,23-26,28-35,37-42,45-51,53-67H,9-10H2,1-3H3,(H,68,69)(H,70,71). The fourth-order valence-electron chi connectivity index (χ4n) is 10.2. The van der Waals surface area contributed by atoms with Crippen molar-refractivity contribution in [3.8, 4) is 40.1 Å². The monoisotopic (exact) mass is 1220 g/mol. The molecule has 28 unspecified atom stereocenters. The number of hydrogen-bond donors (Lipinski definition) is 18. The van der Waals surface area contributed by atoms with Crippen LogP contribution >= 0.6 is 0 Å². The number of carboxylic acid groups (broad SMARTS) is 2. The molecular formula is C50H64O35. The lowest BCUT2D eigenvalue weighted by molar-refractivity contribution is -0.374. The number of carbonyl (C=O) groups is 2. The van der Waals surface area contributed by atoms with Crippen LogP contribution < -0.4 is 19.6 Å². The van der Waals surface area contributed by atoms with Crippen LogP contribution in [-0.4, -0.2) is 296 Å². The molecule has 3 aromatic rings. The molecule has 85 heavy (non-hydrogen) atoms. The number of aliphatic carboxylic acids is 2. The van der Waals surface area contributed by atoms with E-state index in [4.69, 9.17) is 66.0 Å². The fourth-order valence-corrected chi connectivity index (χ4v) is 10.2. The predicted octanol–water partition coefficient (Wildman–Crippen LogP) is -7.95. The number of fused-ring (bicyclic) bond motifs is 1. The van der Waals surface area contributed by atoms with Gasteiger partial charge in [-0.25, -0.2) is 9.59 Å². The smallest absolute Gasteiger partial charge is 0.335 e. The van der Waals surface area contributed by atoms with Gasteiger partial charge in [0.15, 0.2) is 78.0 Å². The fraction of sp³-hybridized carbons (Fsp3) is 0.660. The summed E-state index contributed by atoms with van der Waals surface area (Å²) in [5.74, 6) is -7.78. The van der Waals surface area contributed by atoms with Gasteiger partial charge in [-0.3, -0.25) is 4.79 Å². The first-order chi connectivity index (χ1) is 40.1. The Hall–Kier alpha value is -5.37. The Kier molecular flexibility index (Phi) is 19.4. The SMILES string of the molecule is COc1c(OC2OC(C(=O)O)C(O)C(OC3OCC(O)C(O)C3O)C2OC2OC(C)C(O)C(O)C2O)cc2oc(-c3ccc(OC4OC(C(=O)O)C(O)C(OC5OCC(O)C(O)C5O)C4OC4OC(C)C(O)C(O)C4O)c(O)c3)cc(=O)c2c1O. The zero-order valence-corrected chi connectivity index (χ0v) is 44.5. The van der Waals surface area contributed by atoms with E-state index in [1.807, 2.05) is 0 Å². The molecule has 6 fully saturated rings. The summed E-state index contributed by atoms with van der Waals surface area (Å²) in [7, 11) is 1.00. The van der Waals surface area contributed by atoms with Crippen LogP contribution in [0, 0.1) is 0 Å². The Morgan fingerprint density at radius 2 is 0.929 bits per heavy atom. The van der Waals surface area contributed by atoms with E-state index >= 15 is 0 Å². The molecule has 0 spiro atoms. The van der Waals surface area contributed by atoms with Crippen LogP contribution in [0.25, 0.3) is 22.3 Å². The van der Waals surface area contributed by atoms with Crippen molar-refractivity contribution in [3.05, 3.63) is 40.6 Å². The Morgan fingerprint density at radius 1 is 0.494 bits per heavy atom. The van der Waals surface area contributed by atoms with E-state index in [1.54, 1.807) is 0 Å². The maximum Gasteiger partial charge on any atom is 0.335 e. The van der Waals surface area contributed by atoms with Crippen molar-refractivity contribution in [2.75, 3.05) is 20.3 Å². The Bertz CT molecular complexity index is 2890. The van der Waals surface area contributed by atoms with Crippen LogP contribution in [0.1, 0.15) is 13.8 Å². The summed E-state index contributed by atoms with van der Waals surface area (Å²) in [5.41, 5.74) is -1.67. The third kappa shape index (κ3) is 12.6. The zero-order valence-electron chi connectivity index (χ0n) is 44.5. The molecule has 1 aromatic heterocycles. The van der Waals surface area contributed by atoms with Crippen LogP contribution in [-0.2, 0) is 57.0 Å². The lowest BCUT2D eigenvalue weighted by Crippen LogP contribution is -2.67. The van der Waals surface area contributed by atoms with Crippen molar-refractivity contribution >= 4 is 22.9 Å². The Morgan fingerprint density at radius 3 is 1.36 bits per heavy atom. The molecule has 6 aliphatic heterocycles. The number of methoxy groups -OCH3 is 1. The van der Waals surface area contributed by atoms with Crippen molar-refractivity contribution in [2.45, 2.75) is 186 Å². The molecule has 0 bridgehead atoms. The molecule has 0 radical (unpaired) electrons. The minimum Gasteiger partial charge on any atom is -0.504 e. The molecule has 0 aliphatic carbocycles. The summed E-state index contributed by atoms with van der Waals surface area (Å²) in [6.45, 7) is 1.27. The molecule has 18 N–H and O–H groups in total. The lowest BCUT2D eigenvalue weighted by atomic mass is 9.96. The number of aromatic hydroxyl groups is 2. The first kappa shape index (κ1) is 64.1. The second kappa shape index (κ2) is 25.8. The maximum absolute atomic E-state index is 13.9. The first-order valence-corrected chi connectivity index (χ1v) is 26.1. The number of carboxylic acids is 2. The first-order valence-electron chi connectivity index (χ1n) is 26.1. The molecule has 35 heteroatoms. The molecule has 2 aromatic carbocycles. The van der Waals surface area contributed by atoms with Crippen LogP contribution in [0.4, 0.5) is 0 Å². The van der Waals surface area contributed by atoms with Gasteiger partial charge >= 0.3 is 11.9 Å². The predicted molar refractivity (Wildman–Crippen MR) is 263 cm³/mol. The van der Waals surface area contributed by atoms with Crippen LogP contribution in [0.3, 0.4) is 0 Å².